The average Bonchev–Trinajstić information content (AvgIpc) is 3.24. The molecule has 0 radical (unpaired) electrons. The molecular formula is C22H21FN4O2S. The van der Waals surface area contributed by atoms with Gasteiger partial charge >= 0.3 is 6.03 Å². The first-order valence-electron chi connectivity index (χ1n) is 9.54. The maximum atomic E-state index is 13.2. The number of rotatable bonds is 5. The average molecular weight is 425 g/mol. The van der Waals surface area contributed by atoms with Crippen LogP contribution in [0.5, 0.6) is 0 Å². The van der Waals surface area contributed by atoms with Gasteiger partial charge in [0.05, 0.1) is 11.6 Å². The lowest BCUT2D eigenvalue weighted by Gasteiger charge is -2.34. The highest BCUT2D eigenvalue weighted by Gasteiger charge is 2.35. The molecule has 0 saturated heterocycles. The molecule has 6 nitrogen and oxygen atoms in total. The fraction of sp³-hybridized carbons (Fsp3) is 0.227. The van der Waals surface area contributed by atoms with Gasteiger partial charge in [-0.05, 0) is 62.1 Å². The minimum Gasteiger partial charge on any atom is -0.334 e. The number of nitrogens with zero attached hydrogens (tertiary/aromatic N) is 3. The van der Waals surface area contributed by atoms with Crippen molar-refractivity contribution in [2.24, 2.45) is 0 Å². The Labute approximate surface area is 178 Å². The quantitative estimate of drug-likeness (QED) is 0.576. The number of aromatic nitrogens is 2. The molecule has 2 aromatic carbocycles. The fourth-order valence-electron chi connectivity index (χ4n) is 3.53. The van der Waals surface area contributed by atoms with Gasteiger partial charge in [0.1, 0.15) is 5.82 Å². The Morgan fingerprint density at radius 1 is 1.17 bits per heavy atom. The molecule has 1 atom stereocenters. The van der Waals surface area contributed by atoms with Crippen LogP contribution in [0.25, 0.3) is 17.0 Å². The molecule has 2 heterocycles. The highest BCUT2D eigenvalue weighted by molar-refractivity contribution is 7.98. The molecule has 1 aliphatic rings. The molecule has 1 N–H and O–H groups in total. The first-order valence-corrected chi connectivity index (χ1v) is 10.8. The molecule has 154 valence electrons. The van der Waals surface area contributed by atoms with Gasteiger partial charge in [-0.3, -0.25) is 4.90 Å². The Hall–Kier alpha value is -3.13. The van der Waals surface area contributed by atoms with Gasteiger partial charge in [0, 0.05) is 22.7 Å². The van der Waals surface area contributed by atoms with E-state index in [1.165, 1.54) is 12.1 Å². The van der Waals surface area contributed by atoms with Crippen LogP contribution in [-0.4, -0.2) is 33.9 Å². The van der Waals surface area contributed by atoms with E-state index in [1.54, 1.807) is 28.8 Å². The predicted octanol–water partition coefficient (Wildman–Crippen LogP) is 5.12. The van der Waals surface area contributed by atoms with Crippen molar-refractivity contribution in [2.75, 3.05) is 12.8 Å². The van der Waals surface area contributed by atoms with Gasteiger partial charge in [0.15, 0.2) is 0 Å². The molecule has 1 aromatic heterocycles. The number of amides is 2. The highest BCUT2D eigenvalue weighted by atomic mass is 32.2. The topological polar surface area (TPSA) is 71.3 Å². The molecule has 1 aliphatic heterocycles. The number of thioether (sulfide) groups is 1. The minimum absolute atomic E-state index is 0.170. The summed E-state index contributed by atoms with van der Waals surface area (Å²) in [6.45, 7) is 4.30. The van der Waals surface area contributed by atoms with Gasteiger partial charge in [-0.25, -0.2) is 9.18 Å². The van der Waals surface area contributed by atoms with Crippen LogP contribution < -0.4 is 5.32 Å². The number of urea groups is 1. The van der Waals surface area contributed by atoms with Gasteiger partial charge in [0.25, 0.3) is 5.89 Å². The van der Waals surface area contributed by atoms with Crippen molar-refractivity contribution in [3.63, 3.8) is 0 Å². The van der Waals surface area contributed by atoms with Crippen molar-refractivity contribution in [3.05, 3.63) is 71.5 Å². The molecule has 0 fully saturated rings. The number of benzene rings is 2. The van der Waals surface area contributed by atoms with Gasteiger partial charge in [-0.2, -0.15) is 4.98 Å². The van der Waals surface area contributed by atoms with Gasteiger partial charge in [0.2, 0.25) is 5.82 Å². The van der Waals surface area contributed by atoms with E-state index in [2.05, 4.69) is 15.5 Å². The third-order valence-electron chi connectivity index (χ3n) is 5.12. The summed E-state index contributed by atoms with van der Waals surface area (Å²) in [5.74, 6) is 0.356. The van der Waals surface area contributed by atoms with E-state index in [0.29, 0.717) is 23.8 Å². The number of nitrogens with one attached hydrogen (secondary N) is 1. The smallest absolute Gasteiger partial charge is 0.322 e. The zero-order chi connectivity index (χ0) is 21.3. The Kier molecular flexibility index (Phi) is 5.59. The second kappa shape index (κ2) is 8.31. The Bertz CT molecular complexity index is 1090. The first kappa shape index (κ1) is 20.2. The zero-order valence-electron chi connectivity index (χ0n) is 16.8. The van der Waals surface area contributed by atoms with E-state index in [4.69, 9.17) is 4.52 Å². The molecule has 0 aliphatic carbocycles. The van der Waals surface area contributed by atoms with E-state index in [0.717, 1.165) is 21.7 Å². The second-order valence-corrected chi connectivity index (χ2v) is 7.71. The lowest BCUT2D eigenvalue weighted by molar-refractivity contribution is 0.207. The van der Waals surface area contributed by atoms with Gasteiger partial charge in [-0.1, -0.05) is 17.3 Å². The molecule has 4 rings (SSSR count). The number of halogens is 1. The summed E-state index contributed by atoms with van der Waals surface area (Å²) in [6, 6.07) is 13.3. The summed E-state index contributed by atoms with van der Waals surface area (Å²) in [5.41, 5.74) is 3.08. The van der Waals surface area contributed by atoms with Crippen molar-refractivity contribution >= 4 is 23.4 Å². The molecule has 1 unspecified atom stereocenters. The fourth-order valence-corrected chi connectivity index (χ4v) is 3.94. The van der Waals surface area contributed by atoms with E-state index in [-0.39, 0.29) is 11.8 Å². The van der Waals surface area contributed by atoms with Crippen molar-refractivity contribution in [2.45, 2.75) is 24.8 Å². The summed E-state index contributed by atoms with van der Waals surface area (Å²) in [7, 11) is 0. The summed E-state index contributed by atoms with van der Waals surface area (Å²) in [4.78, 5) is 20.0. The van der Waals surface area contributed by atoms with Crippen LogP contribution in [0.1, 0.15) is 31.3 Å². The molecule has 8 heteroatoms. The van der Waals surface area contributed by atoms with Crippen LogP contribution in [0, 0.1) is 5.82 Å². The number of hydrogen-bond acceptors (Lipinski definition) is 5. The second-order valence-electron chi connectivity index (χ2n) is 6.83. The Balaban J connectivity index is 1.79. The maximum absolute atomic E-state index is 13.2. The minimum atomic E-state index is -0.419. The van der Waals surface area contributed by atoms with Gasteiger partial charge < -0.3 is 9.84 Å². The third-order valence-corrected chi connectivity index (χ3v) is 5.86. The number of carbonyl (C=O) groups is 1. The number of allylic oxidation sites excluding steroid dienone is 1. The third kappa shape index (κ3) is 3.70. The normalized spacial score (nSPS) is 16.7. The van der Waals surface area contributed by atoms with Crippen LogP contribution in [0.15, 0.2) is 63.6 Å². The van der Waals surface area contributed by atoms with Crippen LogP contribution in [0.3, 0.4) is 0 Å². The summed E-state index contributed by atoms with van der Waals surface area (Å²) in [5, 5.41) is 7.13. The largest absolute Gasteiger partial charge is 0.334 e. The lowest BCUT2D eigenvalue weighted by atomic mass is 9.95. The summed E-state index contributed by atoms with van der Waals surface area (Å²) < 4.78 is 18.8. The van der Waals surface area contributed by atoms with Crippen molar-refractivity contribution in [1.82, 2.24) is 20.4 Å². The van der Waals surface area contributed by atoms with E-state index < -0.39 is 6.04 Å². The Morgan fingerprint density at radius 2 is 1.87 bits per heavy atom. The van der Waals surface area contributed by atoms with Crippen LogP contribution in [0.4, 0.5) is 9.18 Å². The first-order chi connectivity index (χ1) is 14.5. The van der Waals surface area contributed by atoms with Crippen LogP contribution in [0.2, 0.25) is 0 Å². The van der Waals surface area contributed by atoms with E-state index in [9.17, 15) is 9.18 Å². The number of carbonyl (C=O) groups excluding carboxylic acids is 1. The molecular weight excluding hydrogens is 403 g/mol. The zero-order valence-corrected chi connectivity index (χ0v) is 17.7. The monoisotopic (exact) mass is 424 g/mol. The molecule has 0 saturated carbocycles. The van der Waals surface area contributed by atoms with E-state index >= 15 is 0 Å². The summed E-state index contributed by atoms with van der Waals surface area (Å²) in [6.07, 6.45) is 2.02. The van der Waals surface area contributed by atoms with Crippen LogP contribution >= 0.6 is 11.8 Å². The van der Waals surface area contributed by atoms with Crippen molar-refractivity contribution in [3.8, 4) is 11.4 Å². The number of hydrogen-bond donors (Lipinski definition) is 1. The predicted molar refractivity (Wildman–Crippen MR) is 114 cm³/mol. The highest BCUT2D eigenvalue weighted by Crippen LogP contribution is 2.37. The molecule has 0 spiro atoms. The lowest BCUT2D eigenvalue weighted by Crippen LogP contribution is -2.45. The molecule has 0 bridgehead atoms. The Morgan fingerprint density at radius 3 is 2.50 bits per heavy atom. The van der Waals surface area contributed by atoms with Crippen LogP contribution in [-0.2, 0) is 0 Å². The summed E-state index contributed by atoms with van der Waals surface area (Å²) >= 11 is 1.65. The van der Waals surface area contributed by atoms with Gasteiger partial charge in [-0.15, -0.1) is 11.8 Å². The molecule has 3 aromatic rings. The van der Waals surface area contributed by atoms with Crippen molar-refractivity contribution in [1.29, 1.82) is 0 Å². The molecule has 2 amide bonds. The van der Waals surface area contributed by atoms with E-state index in [1.807, 2.05) is 44.4 Å². The molecule has 30 heavy (non-hydrogen) atoms. The van der Waals surface area contributed by atoms with Crippen molar-refractivity contribution < 1.29 is 13.7 Å². The SMILES string of the molecule is CCN1C(=O)NC(c2ccc(SC)cc2)C(c2nc(-c3ccc(F)cc3)no2)=C1C. The standard InChI is InChI=1S/C22H21FN4O2S/c1-4-27-13(2)18(19(24-22(27)28)14-7-11-17(30-3)12-8-14)21-25-20(26-29-21)15-5-9-16(23)10-6-15/h5-12,19H,4H2,1-3H3,(H,24,28). The maximum Gasteiger partial charge on any atom is 0.322 e.